The van der Waals surface area contributed by atoms with Crippen molar-refractivity contribution in [2.24, 2.45) is 5.92 Å². The molecule has 1 unspecified atom stereocenters. The van der Waals surface area contributed by atoms with Gasteiger partial charge in [-0.2, -0.15) is 0 Å². The Morgan fingerprint density at radius 3 is 2.35 bits per heavy atom. The van der Waals surface area contributed by atoms with Crippen LogP contribution in [0.2, 0.25) is 0 Å². The molecule has 3 nitrogen and oxygen atoms in total. The lowest BCUT2D eigenvalue weighted by Gasteiger charge is -2.27. The third kappa shape index (κ3) is 3.66. The van der Waals surface area contributed by atoms with Crippen LogP contribution in [-0.4, -0.2) is 18.3 Å². The van der Waals surface area contributed by atoms with Gasteiger partial charge < -0.3 is 14.6 Å². The summed E-state index contributed by atoms with van der Waals surface area (Å²) in [7, 11) is 0. The molecule has 3 heteroatoms. The minimum Gasteiger partial charge on any atom is -0.490 e. The molecule has 1 aromatic carbocycles. The van der Waals surface area contributed by atoms with Gasteiger partial charge in [-0.05, 0) is 50.3 Å². The summed E-state index contributed by atoms with van der Waals surface area (Å²) in [5, 5.41) is 10.6. The van der Waals surface area contributed by atoms with E-state index in [2.05, 4.69) is 0 Å². The second-order valence-electron chi connectivity index (χ2n) is 5.42. The fourth-order valence-corrected chi connectivity index (χ4v) is 2.97. The van der Waals surface area contributed by atoms with Crippen LogP contribution in [0.15, 0.2) is 18.2 Å². The highest BCUT2D eigenvalue weighted by atomic mass is 16.5. The average molecular weight is 278 g/mol. The Kier molecular flexibility index (Phi) is 5.72. The first-order valence-electron chi connectivity index (χ1n) is 7.83. The molecule has 2 rings (SSSR count). The number of hydrogen-bond acceptors (Lipinski definition) is 3. The zero-order valence-corrected chi connectivity index (χ0v) is 12.6. The van der Waals surface area contributed by atoms with E-state index in [1.807, 2.05) is 32.0 Å². The fraction of sp³-hybridized carbons (Fsp3) is 0.647. The van der Waals surface area contributed by atoms with Gasteiger partial charge in [-0.3, -0.25) is 0 Å². The lowest BCUT2D eigenvalue weighted by molar-refractivity contribution is 0.0845. The Hall–Kier alpha value is -1.22. The maximum absolute atomic E-state index is 10.6. The molecule has 20 heavy (non-hydrogen) atoms. The summed E-state index contributed by atoms with van der Waals surface area (Å²) >= 11 is 0. The van der Waals surface area contributed by atoms with Gasteiger partial charge in [0.2, 0.25) is 0 Å². The smallest absolute Gasteiger partial charge is 0.161 e. The SMILES string of the molecule is CCOc1ccc(C(O)C2CCCCC2)cc1OCC. The van der Waals surface area contributed by atoms with Crippen LogP contribution in [0.25, 0.3) is 0 Å². The molecular weight excluding hydrogens is 252 g/mol. The normalized spacial score (nSPS) is 17.8. The molecule has 0 aliphatic heterocycles. The highest BCUT2D eigenvalue weighted by Crippen LogP contribution is 2.37. The van der Waals surface area contributed by atoms with Gasteiger partial charge in [0.1, 0.15) is 0 Å². The molecule has 0 heterocycles. The topological polar surface area (TPSA) is 38.7 Å². The van der Waals surface area contributed by atoms with Crippen molar-refractivity contribution < 1.29 is 14.6 Å². The quantitative estimate of drug-likeness (QED) is 0.851. The molecule has 0 radical (unpaired) electrons. The fourth-order valence-electron chi connectivity index (χ4n) is 2.97. The van der Waals surface area contributed by atoms with Crippen molar-refractivity contribution in [3.8, 4) is 11.5 Å². The first kappa shape index (κ1) is 15.2. The molecule has 112 valence electrons. The van der Waals surface area contributed by atoms with Crippen molar-refractivity contribution in [2.45, 2.75) is 52.1 Å². The highest BCUT2D eigenvalue weighted by molar-refractivity contribution is 5.43. The third-order valence-corrected chi connectivity index (χ3v) is 4.01. The van der Waals surface area contributed by atoms with E-state index < -0.39 is 0 Å². The molecular formula is C17H26O3. The molecule has 0 aromatic heterocycles. The molecule has 0 saturated heterocycles. The zero-order chi connectivity index (χ0) is 14.4. The van der Waals surface area contributed by atoms with Gasteiger partial charge >= 0.3 is 0 Å². The van der Waals surface area contributed by atoms with Crippen LogP contribution in [0.1, 0.15) is 57.6 Å². The Morgan fingerprint density at radius 2 is 1.70 bits per heavy atom. The molecule has 1 aliphatic carbocycles. The van der Waals surface area contributed by atoms with Gasteiger partial charge in [0.05, 0.1) is 19.3 Å². The van der Waals surface area contributed by atoms with E-state index in [0.29, 0.717) is 19.1 Å². The van der Waals surface area contributed by atoms with Gasteiger partial charge in [0.15, 0.2) is 11.5 Å². The predicted molar refractivity (Wildman–Crippen MR) is 80.3 cm³/mol. The van der Waals surface area contributed by atoms with Crippen molar-refractivity contribution in [3.05, 3.63) is 23.8 Å². The van der Waals surface area contributed by atoms with Crippen molar-refractivity contribution in [1.29, 1.82) is 0 Å². The maximum atomic E-state index is 10.6. The van der Waals surface area contributed by atoms with Crippen LogP contribution in [0.3, 0.4) is 0 Å². The van der Waals surface area contributed by atoms with E-state index in [-0.39, 0.29) is 6.10 Å². The highest BCUT2D eigenvalue weighted by Gasteiger charge is 2.24. The molecule has 1 N–H and O–H groups in total. The molecule has 1 aromatic rings. The van der Waals surface area contributed by atoms with Crippen LogP contribution in [0.4, 0.5) is 0 Å². The third-order valence-electron chi connectivity index (χ3n) is 4.01. The van der Waals surface area contributed by atoms with E-state index >= 15 is 0 Å². The van der Waals surface area contributed by atoms with Gasteiger partial charge in [0.25, 0.3) is 0 Å². The maximum Gasteiger partial charge on any atom is 0.161 e. The van der Waals surface area contributed by atoms with E-state index in [9.17, 15) is 5.11 Å². The van der Waals surface area contributed by atoms with Gasteiger partial charge in [-0.15, -0.1) is 0 Å². The summed E-state index contributed by atoms with van der Waals surface area (Å²) in [5.41, 5.74) is 0.948. The summed E-state index contributed by atoms with van der Waals surface area (Å²) in [6.07, 6.45) is 5.63. The Morgan fingerprint density at radius 1 is 1.05 bits per heavy atom. The Balaban J connectivity index is 2.16. The zero-order valence-electron chi connectivity index (χ0n) is 12.6. The van der Waals surface area contributed by atoms with Crippen molar-refractivity contribution in [1.82, 2.24) is 0 Å². The minimum absolute atomic E-state index is 0.384. The molecule has 1 atom stereocenters. The van der Waals surface area contributed by atoms with Crippen molar-refractivity contribution >= 4 is 0 Å². The van der Waals surface area contributed by atoms with Crippen LogP contribution in [0.5, 0.6) is 11.5 Å². The molecule has 1 saturated carbocycles. The second kappa shape index (κ2) is 7.53. The van der Waals surface area contributed by atoms with E-state index in [4.69, 9.17) is 9.47 Å². The van der Waals surface area contributed by atoms with Gasteiger partial charge in [-0.1, -0.05) is 25.3 Å². The first-order valence-corrected chi connectivity index (χ1v) is 7.83. The molecule has 1 aliphatic rings. The van der Waals surface area contributed by atoms with E-state index in [1.165, 1.54) is 19.3 Å². The van der Waals surface area contributed by atoms with Crippen LogP contribution in [-0.2, 0) is 0 Å². The Labute approximate surface area is 121 Å². The average Bonchev–Trinajstić information content (AvgIpc) is 2.50. The number of aliphatic hydroxyl groups excluding tert-OH is 1. The molecule has 0 bridgehead atoms. The second-order valence-corrected chi connectivity index (χ2v) is 5.42. The summed E-state index contributed by atoms with van der Waals surface area (Å²) in [6, 6.07) is 5.82. The number of benzene rings is 1. The lowest BCUT2D eigenvalue weighted by Crippen LogP contribution is -2.16. The van der Waals surface area contributed by atoms with Gasteiger partial charge in [0, 0.05) is 0 Å². The molecule has 0 spiro atoms. The summed E-state index contributed by atoms with van der Waals surface area (Å²) in [4.78, 5) is 0. The summed E-state index contributed by atoms with van der Waals surface area (Å²) in [6.45, 7) is 5.13. The number of ether oxygens (including phenoxy) is 2. The van der Waals surface area contributed by atoms with E-state index in [1.54, 1.807) is 0 Å². The van der Waals surface area contributed by atoms with Crippen LogP contribution < -0.4 is 9.47 Å². The van der Waals surface area contributed by atoms with Crippen LogP contribution in [0, 0.1) is 5.92 Å². The molecule has 1 fully saturated rings. The number of hydrogen-bond donors (Lipinski definition) is 1. The number of aliphatic hydroxyl groups is 1. The predicted octanol–water partition coefficient (Wildman–Crippen LogP) is 4.10. The Bertz CT molecular complexity index is 411. The first-order chi connectivity index (χ1) is 9.76. The monoisotopic (exact) mass is 278 g/mol. The minimum atomic E-state index is -0.384. The standard InChI is InChI=1S/C17H26O3/c1-3-19-15-11-10-14(12-16(15)20-4-2)17(18)13-8-6-5-7-9-13/h10-13,17-18H,3-9H2,1-2H3. The lowest BCUT2D eigenvalue weighted by atomic mass is 9.83. The van der Waals surface area contributed by atoms with Crippen molar-refractivity contribution in [2.75, 3.05) is 13.2 Å². The van der Waals surface area contributed by atoms with Gasteiger partial charge in [-0.25, -0.2) is 0 Å². The largest absolute Gasteiger partial charge is 0.490 e. The molecule has 0 amide bonds. The summed E-state index contributed by atoms with van der Waals surface area (Å²) in [5.74, 6) is 1.88. The van der Waals surface area contributed by atoms with Crippen molar-refractivity contribution in [3.63, 3.8) is 0 Å². The number of rotatable bonds is 6. The van der Waals surface area contributed by atoms with E-state index in [0.717, 1.165) is 29.9 Å². The van der Waals surface area contributed by atoms with Crippen LogP contribution >= 0.6 is 0 Å². The summed E-state index contributed by atoms with van der Waals surface area (Å²) < 4.78 is 11.2.